The van der Waals surface area contributed by atoms with Gasteiger partial charge in [0.25, 0.3) is 10.0 Å². The van der Waals surface area contributed by atoms with Gasteiger partial charge in [-0.25, -0.2) is 13.4 Å². The number of hydrogen-bond acceptors (Lipinski definition) is 6. The second kappa shape index (κ2) is 5.80. The van der Waals surface area contributed by atoms with Gasteiger partial charge in [0.15, 0.2) is 10.9 Å². The van der Waals surface area contributed by atoms with Crippen molar-refractivity contribution in [3.8, 4) is 0 Å². The van der Waals surface area contributed by atoms with E-state index in [2.05, 4.69) is 9.71 Å². The van der Waals surface area contributed by atoms with Crippen LogP contribution in [0.4, 0.5) is 10.8 Å². The first-order valence-electron chi connectivity index (χ1n) is 5.44. The highest BCUT2D eigenvalue weighted by Crippen LogP contribution is 2.32. The summed E-state index contributed by atoms with van der Waals surface area (Å²) in [6.45, 7) is 1.33. The van der Waals surface area contributed by atoms with Gasteiger partial charge in [0, 0.05) is 17.3 Å². The number of ketones is 1. The van der Waals surface area contributed by atoms with E-state index in [4.69, 9.17) is 28.9 Å². The predicted molar refractivity (Wildman–Crippen MR) is 83.8 cm³/mol. The maximum atomic E-state index is 12.3. The van der Waals surface area contributed by atoms with Crippen molar-refractivity contribution in [3.63, 3.8) is 0 Å². The lowest BCUT2D eigenvalue weighted by Crippen LogP contribution is -2.15. The van der Waals surface area contributed by atoms with Crippen LogP contribution in [-0.2, 0) is 10.0 Å². The average Bonchev–Trinajstić information content (AvgIpc) is 2.74. The predicted octanol–water partition coefficient (Wildman–Crippen LogP) is 3.04. The molecule has 0 saturated heterocycles. The molecule has 1 aromatic heterocycles. The molecule has 0 amide bonds. The number of nitrogens with two attached hydrogens (primary N) is 1. The van der Waals surface area contributed by atoms with Gasteiger partial charge in [0.05, 0.1) is 10.7 Å². The maximum absolute atomic E-state index is 12.3. The summed E-state index contributed by atoms with van der Waals surface area (Å²) < 4.78 is 26.8. The Morgan fingerprint density at radius 1 is 1.38 bits per heavy atom. The number of carbonyl (C=O) groups excluding carboxylic acids is 1. The molecule has 0 fully saturated rings. The van der Waals surface area contributed by atoms with Crippen LogP contribution in [0, 0.1) is 0 Å². The molecule has 0 saturated carbocycles. The zero-order valence-electron chi connectivity index (χ0n) is 10.6. The van der Waals surface area contributed by atoms with E-state index in [1.54, 1.807) is 0 Å². The first-order chi connectivity index (χ1) is 9.70. The maximum Gasteiger partial charge on any atom is 0.267 e. The molecule has 21 heavy (non-hydrogen) atoms. The van der Waals surface area contributed by atoms with Gasteiger partial charge < -0.3 is 5.73 Å². The third-order valence-corrected chi connectivity index (χ3v) is 5.36. The van der Waals surface area contributed by atoms with Crippen molar-refractivity contribution < 1.29 is 13.2 Å². The molecule has 1 aromatic carbocycles. The summed E-state index contributed by atoms with van der Waals surface area (Å²) in [4.78, 5) is 14.7. The van der Waals surface area contributed by atoms with Crippen LogP contribution in [0.3, 0.4) is 0 Å². The van der Waals surface area contributed by atoms with E-state index in [-0.39, 0.29) is 37.2 Å². The lowest BCUT2D eigenvalue weighted by Gasteiger charge is -2.10. The van der Waals surface area contributed by atoms with E-state index in [1.165, 1.54) is 24.4 Å². The number of thiazole rings is 1. The van der Waals surface area contributed by atoms with Gasteiger partial charge in [-0.3, -0.25) is 9.52 Å². The number of benzene rings is 1. The zero-order valence-corrected chi connectivity index (χ0v) is 13.7. The van der Waals surface area contributed by atoms with Crippen LogP contribution in [0.2, 0.25) is 10.0 Å². The quantitative estimate of drug-likeness (QED) is 0.640. The molecule has 2 rings (SSSR count). The van der Waals surface area contributed by atoms with Crippen LogP contribution in [0.5, 0.6) is 0 Å². The Balaban J connectivity index is 2.41. The highest BCUT2D eigenvalue weighted by atomic mass is 35.5. The molecule has 0 unspecified atom stereocenters. The lowest BCUT2D eigenvalue weighted by molar-refractivity contribution is 0.101. The van der Waals surface area contributed by atoms with Crippen LogP contribution in [0.1, 0.15) is 17.4 Å². The molecular formula is C11H9Cl2N3O3S2. The topological polar surface area (TPSA) is 102 Å². The number of nitrogens with zero attached hydrogens (tertiary/aromatic N) is 1. The normalized spacial score (nSPS) is 11.4. The highest BCUT2D eigenvalue weighted by Gasteiger charge is 2.23. The van der Waals surface area contributed by atoms with Gasteiger partial charge in [0.1, 0.15) is 10.6 Å². The molecule has 0 aliphatic carbocycles. The number of hydrogen-bond donors (Lipinski definition) is 2. The van der Waals surface area contributed by atoms with Crippen LogP contribution < -0.4 is 10.5 Å². The van der Waals surface area contributed by atoms with Crippen molar-refractivity contribution in [3.05, 3.63) is 33.3 Å². The number of nitrogen functional groups attached to an aromatic ring is 1. The molecule has 0 radical (unpaired) electrons. The Morgan fingerprint density at radius 2 is 2.05 bits per heavy atom. The van der Waals surface area contributed by atoms with Gasteiger partial charge in [0.2, 0.25) is 0 Å². The molecule has 0 bridgehead atoms. The summed E-state index contributed by atoms with van der Waals surface area (Å²) >= 11 is 12.6. The summed E-state index contributed by atoms with van der Waals surface area (Å²) in [7, 11) is -4.03. The number of Topliss-reactive ketones (excluding diaryl/α,β-unsaturated/α-hetero) is 1. The SMILES string of the molecule is CC(=O)c1csc(NS(=O)(=O)c2c(N)cc(Cl)cc2Cl)n1. The van der Waals surface area contributed by atoms with Crippen LogP contribution in [0.15, 0.2) is 22.4 Å². The van der Waals surface area contributed by atoms with E-state index in [0.717, 1.165) is 11.3 Å². The Bertz CT molecular complexity index is 795. The van der Waals surface area contributed by atoms with E-state index in [1.807, 2.05) is 0 Å². The van der Waals surface area contributed by atoms with Crippen LogP contribution in [0.25, 0.3) is 0 Å². The third-order valence-electron chi connectivity index (χ3n) is 2.39. The molecule has 0 aliphatic heterocycles. The molecule has 3 N–H and O–H groups in total. The van der Waals surface area contributed by atoms with Gasteiger partial charge in [-0.05, 0) is 12.1 Å². The largest absolute Gasteiger partial charge is 0.398 e. The fourth-order valence-corrected chi connectivity index (χ4v) is 4.50. The molecule has 0 aliphatic rings. The van der Waals surface area contributed by atoms with Crippen molar-refractivity contribution in [2.75, 3.05) is 10.5 Å². The highest BCUT2D eigenvalue weighted by molar-refractivity contribution is 7.93. The molecular weight excluding hydrogens is 357 g/mol. The number of carbonyl (C=O) groups is 1. The summed E-state index contributed by atoms with van der Waals surface area (Å²) in [5.41, 5.74) is 5.75. The summed E-state index contributed by atoms with van der Waals surface area (Å²) in [5.74, 6) is -0.263. The lowest BCUT2D eigenvalue weighted by atomic mass is 10.3. The minimum Gasteiger partial charge on any atom is -0.398 e. The smallest absolute Gasteiger partial charge is 0.267 e. The van der Waals surface area contributed by atoms with Gasteiger partial charge in [-0.2, -0.15) is 0 Å². The molecule has 0 atom stereocenters. The molecule has 6 nitrogen and oxygen atoms in total. The third kappa shape index (κ3) is 3.46. The van der Waals surface area contributed by atoms with Crippen molar-refractivity contribution >= 4 is 61.2 Å². The van der Waals surface area contributed by atoms with Gasteiger partial charge >= 0.3 is 0 Å². The second-order valence-corrected chi connectivity index (χ2v) is 7.33. The minimum atomic E-state index is -4.03. The fraction of sp³-hybridized carbons (Fsp3) is 0.0909. The van der Waals surface area contributed by atoms with E-state index < -0.39 is 10.0 Å². The zero-order chi connectivity index (χ0) is 15.8. The average molecular weight is 366 g/mol. The van der Waals surface area contributed by atoms with E-state index in [0.29, 0.717) is 0 Å². The second-order valence-electron chi connectivity index (χ2n) is 4.01. The first kappa shape index (κ1) is 16.0. The van der Waals surface area contributed by atoms with E-state index in [9.17, 15) is 13.2 Å². The number of rotatable bonds is 4. The molecule has 10 heteroatoms. The monoisotopic (exact) mass is 365 g/mol. The molecule has 1 heterocycles. The Morgan fingerprint density at radius 3 is 2.57 bits per heavy atom. The summed E-state index contributed by atoms with van der Waals surface area (Å²) in [6, 6.07) is 2.56. The molecule has 2 aromatic rings. The molecule has 112 valence electrons. The summed E-state index contributed by atoms with van der Waals surface area (Å²) in [5, 5.41) is 1.62. The van der Waals surface area contributed by atoms with E-state index >= 15 is 0 Å². The Kier molecular flexibility index (Phi) is 4.43. The van der Waals surface area contributed by atoms with Crippen LogP contribution in [-0.4, -0.2) is 19.2 Å². The number of halogens is 2. The standard InChI is InChI=1S/C11H9Cl2N3O3S2/c1-5(17)9-4-20-11(15-9)16-21(18,19)10-7(13)2-6(12)3-8(10)14/h2-4H,14H2,1H3,(H,15,16). The Hall–Kier alpha value is -1.35. The number of nitrogens with one attached hydrogen (secondary N) is 1. The van der Waals surface area contributed by atoms with Crippen LogP contribution >= 0.6 is 34.5 Å². The van der Waals surface area contributed by atoms with Gasteiger partial charge in [-0.1, -0.05) is 23.2 Å². The fourth-order valence-electron chi connectivity index (χ4n) is 1.51. The van der Waals surface area contributed by atoms with Gasteiger partial charge in [-0.15, -0.1) is 11.3 Å². The van der Waals surface area contributed by atoms with Crippen molar-refractivity contribution in [1.29, 1.82) is 0 Å². The number of anilines is 2. The van der Waals surface area contributed by atoms with Crippen molar-refractivity contribution in [2.24, 2.45) is 0 Å². The van der Waals surface area contributed by atoms with Crippen molar-refractivity contribution in [2.45, 2.75) is 11.8 Å². The number of sulfonamides is 1. The van der Waals surface area contributed by atoms with Crippen molar-refractivity contribution in [1.82, 2.24) is 4.98 Å². The Labute approximate surface area is 134 Å². The first-order valence-corrected chi connectivity index (χ1v) is 8.56. The number of aromatic nitrogens is 1. The minimum absolute atomic E-state index is 0.0469. The molecule has 0 spiro atoms. The summed E-state index contributed by atoms with van der Waals surface area (Å²) in [6.07, 6.45) is 0.